The lowest BCUT2D eigenvalue weighted by atomic mass is 9.58. The van der Waals surface area contributed by atoms with Gasteiger partial charge in [0.1, 0.15) is 28.6 Å². The number of rotatable bonds is 5. The summed E-state index contributed by atoms with van der Waals surface area (Å²) < 4.78 is 41.9. The second kappa shape index (κ2) is 10.3. The smallest absolute Gasteiger partial charge is 0.510 e. The van der Waals surface area contributed by atoms with Gasteiger partial charge in [0, 0.05) is 36.8 Å². The maximum absolute atomic E-state index is 14.1. The number of aliphatic hydroxyl groups excluding tert-OH is 2. The Morgan fingerprint density at radius 3 is 2.20 bits per heavy atom. The van der Waals surface area contributed by atoms with Crippen molar-refractivity contribution in [2.24, 2.45) is 17.6 Å². The van der Waals surface area contributed by atoms with E-state index < -0.39 is 75.9 Å². The Morgan fingerprint density at radius 1 is 1.07 bits per heavy atom. The molecule has 0 fully saturated rings. The molecule has 6 N–H and O–H groups in total. The van der Waals surface area contributed by atoms with Crippen LogP contribution in [0.3, 0.4) is 0 Å². The number of ether oxygens (including phenoxy) is 1. The highest BCUT2D eigenvalue weighted by Crippen LogP contribution is 2.54. The summed E-state index contributed by atoms with van der Waals surface area (Å²) in [6.07, 6.45) is -4.90. The molecule has 3 aliphatic rings. The van der Waals surface area contributed by atoms with Crippen molar-refractivity contribution in [1.29, 1.82) is 0 Å². The van der Waals surface area contributed by atoms with Crippen molar-refractivity contribution in [1.82, 2.24) is 4.90 Å². The number of allylic oxidation sites excluding steroid dienone is 1. The van der Waals surface area contributed by atoms with Gasteiger partial charge in [0.25, 0.3) is 5.91 Å². The van der Waals surface area contributed by atoms with E-state index in [-0.39, 0.29) is 35.1 Å². The maximum Gasteiger partial charge on any atom is 0.573 e. The lowest BCUT2D eigenvalue weighted by molar-refractivity contribution is -0.274. The van der Waals surface area contributed by atoms with Gasteiger partial charge in [-0.15, -0.1) is 13.2 Å². The number of likely N-dealkylation sites (N-methyl/N-ethyl adjacent to an activating group) is 1. The van der Waals surface area contributed by atoms with Crippen molar-refractivity contribution in [2.45, 2.75) is 30.8 Å². The molecule has 3 aliphatic carbocycles. The number of phenolic OH excluding ortho intramolecular Hbond substituents is 1. The molecule has 0 aliphatic heterocycles. The molecule has 0 aromatic heterocycles. The first-order chi connectivity index (χ1) is 20.4. The zero-order valence-electron chi connectivity index (χ0n) is 24.1. The summed E-state index contributed by atoms with van der Waals surface area (Å²) in [5.41, 5.74) is 2.38. The number of benzene rings is 2. The van der Waals surface area contributed by atoms with Crippen molar-refractivity contribution in [3.05, 3.63) is 64.1 Å². The van der Waals surface area contributed by atoms with Crippen LogP contribution in [0.15, 0.2) is 53.0 Å². The number of nitrogens with two attached hydrogens (primary N) is 1. The highest BCUT2D eigenvalue weighted by molar-refractivity contribution is 6.25. The molecule has 234 valence electrons. The minimum atomic E-state index is -4.91. The quantitative estimate of drug-likeness (QED) is 0.314. The number of primary amides is 1. The van der Waals surface area contributed by atoms with Crippen LogP contribution >= 0.6 is 0 Å². The van der Waals surface area contributed by atoms with E-state index in [9.17, 15) is 48.0 Å². The number of hydrogen-bond acceptors (Lipinski definition) is 10. The molecule has 2 aromatic carbocycles. The van der Waals surface area contributed by atoms with Crippen LogP contribution in [-0.2, 0) is 16.0 Å². The number of carbonyl (C=O) groups excluding carboxylic acids is 3. The molecule has 44 heavy (non-hydrogen) atoms. The number of aliphatic hydroxyl groups is 3. The molecular weight excluding hydrogens is 587 g/mol. The van der Waals surface area contributed by atoms with E-state index in [0.717, 1.165) is 12.1 Å². The fourth-order valence-corrected chi connectivity index (χ4v) is 6.75. The number of anilines is 1. The molecule has 1 unspecified atom stereocenters. The van der Waals surface area contributed by atoms with Crippen LogP contribution < -0.4 is 15.4 Å². The zero-order chi connectivity index (χ0) is 32.6. The van der Waals surface area contributed by atoms with Crippen molar-refractivity contribution in [3.63, 3.8) is 0 Å². The summed E-state index contributed by atoms with van der Waals surface area (Å²) in [6.45, 7) is 0. The Morgan fingerprint density at radius 2 is 1.68 bits per heavy atom. The second-order valence-corrected chi connectivity index (χ2v) is 11.6. The Labute approximate surface area is 249 Å². The third-order valence-corrected chi connectivity index (χ3v) is 8.58. The Balaban J connectivity index is 1.69. The van der Waals surface area contributed by atoms with Gasteiger partial charge >= 0.3 is 6.36 Å². The highest BCUT2D eigenvalue weighted by atomic mass is 19.4. The van der Waals surface area contributed by atoms with Crippen LogP contribution in [0.2, 0.25) is 0 Å². The number of nitrogens with zero attached hydrogens (tertiary/aromatic N) is 2. The van der Waals surface area contributed by atoms with Crippen molar-refractivity contribution in [3.8, 4) is 22.6 Å². The molecule has 0 saturated heterocycles. The number of alkyl halides is 3. The number of halogens is 3. The summed E-state index contributed by atoms with van der Waals surface area (Å²) in [5.74, 6) is -8.15. The normalized spacial score (nSPS) is 25.1. The van der Waals surface area contributed by atoms with E-state index in [2.05, 4.69) is 4.74 Å². The maximum atomic E-state index is 14.1. The third-order valence-electron chi connectivity index (χ3n) is 8.58. The number of fused-ring (bicyclic) bond motifs is 3. The van der Waals surface area contributed by atoms with Gasteiger partial charge in [0.2, 0.25) is 5.78 Å². The third kappa shape index (κ3) is 4.56. The van der Waals surface area contributed by atoms with Gasteiger partial charge in [-0.2, -0.15) is 0 Å². The largest absolute Gasteiger partial charge is 0.573 e. The monoisotopic (exact) mass is 617 g/mol. The van der Waals surface area contributed by atoms with Crippen molar-refractivity contribution >= 4 is 23.2 Å². The van der Waals surface area contributed by atoms with E-state index in [1.165, 1.54) is 17.0 Å². The van der Waals surface area contributed by atoms with E-state index in [1.54, 1.807) is 39.2 Å². The van der Waals surface area contributed by atoms with E-state index >= 15 is 0 Å². The van der Waals surface area contributed by atoms with Gasteiger partial charge < -0.3 is 35.8 Å². The minimum Gasteiger partial charge on any atom is -0.510 e. The van der Waals surface area contributed by atoms with Gasteiger partial charge in [-0.1, -0.05) is 12.1 Å². The Hall–Kier alpha value is -4.56. The number of amides is 1. The second-order valence-electron chi connectivity index (χ2n) is 11.6. The predicted octanol–water partition coefficient (Wildman–Crippen LogP) is 2.75. The van der Waals surface area contributed by atoms with E-state index in [1.807, 2.05) is 0 Å². The van der Waals surface area contributed by atoms with Gasteiger partial charge in [-0.25, -0.2) is 0 Å². The molecule has 4 atom stereocenters. The molecule has 0 bridgehead atoms. The first-order valence-corrected chi connectivity index (χ1v) is 13.5. The van der Waals surface area contributed by atoms with Gasteiger partial charge in [0.15, 0.2) is 11.4 Å². The molecule has 2 aromatic rings. The summed E-state index contributed by atoms with van der Waals surface area (Å²) in [5, 5.41) is 45.6. The molecule has 11 nitrogen and oxygen atoms in total. The topological polar surface area (TPSA) is 174 Å². The SMILES string of the molecule is CN(C)c1cc(-c2ccc(OC(F)(F)F)cc2)c(O)c2c1C[C@@H]1C[C@@H]3C(N(C)C)C(O)=C(C(N)=O)C(=O)[C@]3(O)C(O)=C1C2=O. The standard InChI is InChI=1S/C30H30F3N3O8/c1-35(2)18-11-15(12-5-7-14(8-6-12)44-30(31,32)33)23(37)20-16(18)9-13-10-17-22(36(3)4)25(39)21(28(34)42)27(41)29(17,43)26(40)19(13)24(20)38/h5-8,11,13,17,22,37,39-40,43H,9-10H2,1-4H3,(H2,34,42)/t13-,17-,22?,29-/m1/s1. The Bertz CT molecular complexity index is 1660. The lowest BCUT2D eigenvalue weighted by Gasteiger charge is -2.50. The summed E-state index contributed by atoms with van der Waals surface area (Å²) >= 11 is 0. The summed E-state index contributed by atoms with van der Waals surface area (Å²) in [7, 11) is 6.47. The molecule has 5 rings (SSSR count). The molecule has 14 heteroatoms. The van der Waals surface area contributed by atoms with E-state index in [0.29, 0.717) is 11.3 Å². The molecular formula is C30H30F3N3O8. The molecule has 0 saturated carbocycles. The number of aromatic hydroxyl groups is 1. The number of carbonyl (C=O) groups is 3. The van der Waals surface area contributed by atoms with Gasteiger partial charge in [-0.05, 0) is 62.2 Å². The molecule has 0 spiro atoms. The van der Waals surface area contributed by atoms with Gasteiger partial charge in [-0.3, -0.25) is 19.3 Å². The molecule has 1 amide bonds. The minimum absolute atomic E-state index is 0.0676. The van der Waals surface area contributed by atoms with Crippen LogP contribution in [-0.4, -0.2) is 89.0 Å². The van der Waals surface area contributed by atoms with Gasteiger partial charge in [0.05, 0.1) is 11.6 Å². The summed E-state index contributed by atoms with van der Waals surface area (Å²) in [6, 6.07) is 5.11. The van der Waals surface area contributed by atoms with Crippen molar-refractivity contribution in [2.75, 3.05) is 33.1 Å². The highest BCUT2D eigenvalue weighted by Gasteiger charge is 2.63. The van der Waals surface area contributed by atoms with Crippen LogP contribution in [0.4, 0.5) is 18.9 Å². The first kappa shape index (κ1) is 30.9. The zero-order valence-corrected chi connectivity index (χ0v) is 24.1. The average Bonchev–Trinajstić information content (AvgIpc) is 2.90. The van der Waals surface area contributed by atoms with Crippen LogP contribution in [0.25, 0.3) is 11.1 Å². The fraction of sp³-hybridized carbons (Fsp3) is 0.367. The van der Waals surface area contributed by atoms with E-state index in [4.69, 9.17) is 5.73 Å². The number of hydrogen-bond donors (Lipinski definition) is 5. The number of ketones is 2. The molecule has 0 heterocycles. The first-order valence-electron chi connectivity index (χ1n) is 13.5. The summed E-state index contributed by atoms with van der Waals surface area (Å²) in [4.78, 5) is 42.9. The number of phenols is 1. The lowest BCUT2D eigenvalue weighted by Crippen LogP contribution is -2.63. The van der Waals surface area contributed by atoms with Crippen LogP contribution in [0.1, 0.15) is 22.3 Å². The fourth-order valence-electron chi connectivity index (χ4n) is 6.75. The van der Waals surface area contributed by atoms with Crippen molar-refractivity contribution < 1.29 is 52.7 Å². The average molecular weight is 618 g/mol. The predicted molar refractivity (Wildman–Crippen MR) is 150 cm³/mol. The molecule has 0 radical (unpaired) electrons. The number of Topliss-reactive ketones (excluding diaryl/α,β-unsaturated/α-hetero) is 2. The van der Waals surface area contributed by atoms with Crippen LogP contribution in [0, 0.1) is 11.8 Å². The van der Waals surface area contributed by atoms with Crippen LogP contribution in [0.5, 0.6) is 11.5 Å². The Kier molecular flexibility index (Phi) is 7.21.